The predicted octanol–water partition coefficient (Wildman–Crippen LogP) is 4.29. The summed E-state index contributed by atoms with van der Waals surface area (Å²) in [7, 11) is 0. The van der Waals surface area contributed by atoms with E-state index in [-0.39, 0.29) is 6.10 Å². The van der Waals surface area contributed by atoms with Crippen LogP contribution in [-0.4, -0.2) is 31.0 Å². The lowest BCUT2D eigenvalue weighted by molar-refractivity contribution is -0.188. The first-order chi connectivity index (χ1) is 9.85. The van der Waals surface area contributed by atoms with Crippen LogP contribution in [-0.2, 0) is 4.74 Å². The Morgan fingerprint density at radius 1 is 1.05 bits per heavy atom. The Balaban J connectivity index is 1.78. The van der Waals surface area contributed by atoms with E-state index in [4.69, 9.17) is 4.74 Å². The molecule has 21 heavy (non-hydrogen) atoms. The summed E-state index contributed by atoms with van der Waals surface area (Å²) in [5.41, 5.74) is 0. The minimum Gasteiger partial charge on any atom is -0.369 e. The minimum atomic E-state index is -4.21. The number of halogens is 3. The smallest absolute Gasteiger partial charge is 0.369 e. The predicted molar refractivity (Wildman–Crippen MR) is 77.2 cm³/mol. The summed E-state index contributed by atoms with van der Waals surface area (Å²) < 4.78 is 41.8. The van der Waals surface area contributed by atoms with Gasteiger partial charge in [-0.2, -0.15) is 13.2 Å². The van der Waals surface area contributed by atoms with Gasteiger partial charge in [-0.15, -0.1) is 0 Å². The van der Waals surface area contributed by atoms with Crippen LogP contribution >= 0.6 is 0 Å². The molecule has 0 aromatic carbocycles. The largest absolute Gasteiger partial charge is 0.411 e. The molecule has 0 aromatic rings. The zero-order valence-electron chi connectivity index (χ0n) is 13.1. The molecule has 2 aliphatic carbocycles. The van der Waals surface area contributed by atoms with Crippen LogP contribution in [0.15, 0.2) is 0 Å². The third-order valence-electron chi connectivity index (χ3n) is 5.27. The summed E-state index contributed by atoms with van der Waals surface area (Å²) in [6.07, 6.45) is 2.77. The van der Waals surface area contributed by atoms with Crippen LogP contribution in [0.25, 0.3) is 0 Å². The van der Waals surface area contributed by atoms with Crippen LogP contribution in [0.4, 0.5) is 13.2 Å². The maximum Gasteiger partial charge on any atom is 0.411 e. The molecule has 1 N–H and O–H groups in total. The van der Waals surface area contributed by atoms with Gasteiger partial charge in [0.2, 0.25) is 0 Å². The quantitative estimate of drug-likeness (QED) is 0.836. The van der Waals surface area contributed by atoms with Crippen molar-refractivity contribution >= 4 is 0 Å². The molecule has 0 heterocycles. The van der Waals surface area contributed by atoms with E-state index in [1.54, 1.807) is 0 Å². The van der Waals surface area contributed by atoms with E-state index in [1.165, 1.54) is 19.3 Å². The first-order valence-corrected chi connectivity index (χ1v) is 8.29. The van der Waals surface area contributed by atoms with Crippen molar-refractivity contribution in [1.82, 2.24) is 5.32 Å². The summed E-state index contributed by atoms with van der Waals surface area (Å²) in [4.78, 5) is 0. The van der Waals surface area contributed by atoms with Crippen molar-refractivity contribution in [3.63, 3.8) is 0 Å². The second-order valence-electron chi connectivity index (χ2n) is 6.95. The van der Waals surface area contributed by atoms with Gasteiger partial charge in [0.05, 0.1) is 6.10 Å². The molecule has 2 nitrogen and oxygen atoms in total. The molecular weight excluding hydrogens is 279 g/mol. The third kappa shape index (κ3) is 5.44. The molecule has 0 amide bonds. The van der Waals surface area contributed by atoms with E-state index in [0.717, 1.165) is 25.2 Å². The summed E-state index contributed by atoms with van der Waals surface area (Å²) in [5, 5.41) is 3.70. The van der Waals surface area contributed by atoms with E-state index in [2.05, 4.69) is 19.2 Å². The molecule has 0 aromatic heterocycles. The van der Waals surface area contributed by atoms with Gasteiger partial charge in [0, 0.05) is 12.1 Å². The van der Waals surface area contributed by atoms with Crippen LogP contribution in [0, 0.1) is 11.8 Å². The Kier molecular flexibility index (Phi) is 5.95. The number of hydrogen-bond acceptors (Lipinski definition) is 2. The lowest BCUT2D eigenvalue weighted by Crippen LogP contribution is -2.48. The first-order valence-electron chi connectivity index (χ1n) is 8.29. The molecular formula is C16H28F3NO. The maximum absolute atomic E-state index is 12.2. The second kappa shape index (κ2) is 7.32. The van der Waals surface area contributed by atoms with Gasteiger partial charge in [-0.3, -0.25) is 0 Å². The fourth-order valence-electron chi connectivity index (χ4n) is 3.78. The first kappa shape index (κ1) is 17.1. The van der Waals surface area contributed by atoms with Gasteiger partial charge in [-0.1, -0.05) is 26.7 Å². The number of alkyl halides is 3. The molecule has 0 spiro atoms. The lowest BCUT2D eigenvalue weighted by Gasteiger charge is -2.39. The van der Waals surface area contributed by atoms with Crippen LogP contribution in [0.2, 0.25) is 0 Å². The molecule has 124 valence electrons. The van der Waals surface area contributed by atoms with Gasteiger partial charge in [-0.25, -0.2) is 0 Å². The Morgan fingerprint density at radius 2 is 1.76 bits per heavy atom. The molecule has 2 saturated carbocycles. The van der Waals surface area contributed by atoms with Gasteiger partial charge >= 0.3 is 6.18 Å². The highest BCUT2D eigenvalue weighted by Gasteiger charge is 2.33. The second-order valence-corrected chi connectivity index (χ2v) is 6.95. The van der Waals surface area contributed by atoms with Gasteiger partial charge in [0.15, 0.2) is 0 Å². The molecule has 5 heteroatoms. The molecule has 2 fully saturated rings. The summed E-state index contributed by atoms with van der Waals surface area (Å²) >= 11 is 0. The number of hydrogen-bond donors (Lipinski definition) is 1. The van der Waals surface area contributed by atoms with E-state index >= 15 is 0 Å². The van der Waals surface area contributed by atoms with Crippen LogP contribution < -0.4 is 5.32 Å². The van der Waals surface area contributed by atoms with Crippen LogP contribution in [0.5, 0.6) is 0 Å². The molecule has 0 aliphatic heterocycles. The molecule has 5 unspecified atom stereocenters. The van der Waals surface area contributed by atoms with E-state index in [0.29, 0.717) is 24.4 Å². The fourth-order valence-corrected chi connectivity index (χ4v) is 3.78. The summed E-state index contributed by atoms with van der Waals surface area (Å²) in [6.45, 7) is 3.48. The molecule has 0 saturated heterocycles. The number of rotatable bonds is 4. The van der Waals surface area contributed by atoms with Crippen LogP contribution in [0.3, 0.4) is 0 Å². The zero-order chi connectivity index (χ0) is 15.5. The molecule has 0 bridgehead atoms. The zero-order valence-corrected chi connectivity index (χ0v) is 13.1. The summed E-state index contributed by atoms with van der Waals surface area (Å²) in [5.74, 6) is 1.38. The van der Waals surface area contributed by atoms with Gasteiger partial charge < -0.3 is 10.1 Å². The average Bonchev–Trinajstić information content (AvgIpc) is 2.41. The number of ether oxygens (including phenoxy) is 1. The SMILES string of the molecule is CC1CCCC(NC2CCCC(OCC(F)(F)F)C2)C1C. The van der Waals surface area contributed by atoms with Crippen molar-refractivity contribution in [3.8, 4) is 0 Å². The van der Waals surface area contributed by atoms with Crippen molar-refractivity contribution in [3.05, 3.63) is 0 Å². The molecule has 2 rings (SSSR count). The maximum atomic E-state index is 12.2. The van der Waals surface area contributed by atoms with Crippen molar-refractivity contribution in [1.29, 1.82) is 0 Å². The molecule has 0 radical (unpaired) electrons. The van der Waals surface area contributed by atoms with Crippen molar-refractivity contribution < 1.29 is 17.9 Å². The highest BCUT2D eigenvalue weighted by atomic mass is 19.4. The average molecular weight is 307 g/mol. The minimum absolute atomic E-state index is 0.241. The Hall–Kier alpha value is -0.290. The lowest BCUT2D eigenvalue weighted by atomic mass is 9.77. The van der Waals surface area contributed by atoms with Crippen molar-refractivity contribution in [2.45, 2.75) is 83.2 Å². The number of nitrogens with one attached hydrogen (secondary N) is 1. The fraction of sp³-hybridized carbons (Fsp3) is 1.00. The van der Waals surface area contributed by atoms with E-state index in [1.807, 2.05) is 0 Å². The summed E-state index contributed by atoms with van der Waals surface area (Å²) in [6, 6.07) is 0.829. The monoisotopic (exact) mass is 307 g/mol. The highest BCUT2D eigenvalue weighted by Crippen LogP contribution is 2.31. The Bertz CT molecular complexity index is 321. The topological polar surface area (TPSA) is 21.3 Å². The normalized spacial score (nSPS) is 38.4. The Labute approximate surface area is 125 Å². The molecule has 5 atom stereocenters. The van der Waals surface area contributed by atoms with Crippen molar-refractivity contribution in [2.24, 2.45) is 11.8 Å². The van der Waals surface area contributed by atoms with Gasteiger partial charge in [0.1, 0.15) is 6.61 Å². The van der Waals surface area contributed by atoms with E-state index in [9.17, 15) is 13.2 Å². The van der Waals surface area contributed by atoms with Gasteiger partial charge in [-0.05, 0) is 43.9 Å². The van der Waals surface area contributed by atoms with Crippen molar-refractivity contribution in [2.75, 3.05) is 6.61 Å². The standard InChI is InChI=1S/C16H28F3NO/c1-11-5-3-8-15(12(11)2)20-13-6-4-7-14(9-13)21-10-16(17,18)19/h11-15,20H,3-10H2,1-2H3. The Morgan fingerprint density at radius 3 is 2.48 bits per heavy atom. The third-order valence-corrected chi connectivity index (χ3v) is 5.27. The highest BCUT2D eigenvalue weighted by molar-refractivity contribution is 4.87. The van der Waals surface area contributed by atoms with E-state index < -0.39 is 12.8 Å². The van der Waals surface area contributed by atoms with Gasteiger partial charge in [0.25, 0.3) is 0 Å². The molecule has 2 aliphatic rings. The van der Waals surface area contributed by atoms with Crippen LogP contribution in [0.1, 0.15) is 58.8 Å².